The zero-order valence-corrected chi connectivity index (χ0v) is 23.5. The van der Waals surface area contributed by atoms with Gasteiger partial charge in [0.2, 0.25) is 11.8 Å². The van der Waals surface area contributed by atoms with Crippen LogP contribution in [0.15, 0.2) is 24.3 Å². The van der Waals surface area contributed by atoms with Crippen molar-refractivity contribution in [2.75, 3.05) is 27.2 Å². The molecule has 0 bridgehead atoms. The van der Waals surface area contributed by atoms with Crippen LogP contribution in [0.5, 0.6) is 0 Å². The van der Waals surface area contributed by atoms with Gasteiger partial charge >= 0.3 is 0 Å². The average Bonchev–Trinajstić information content (AvgIpc) is 3.34. The Balaban J connectivity index is 0.000000417. The van der Waals surface area contributed by atoms with Gasteiger partial charge in [-0.2, -0.15) is 0 Å². The lowest BCUT2D eigenvalue weighted by atomic mass is 9.70. The van der Waals surface area contributed by atoms with Crippen molar-refractivity contribution >= 4 is 29.7 Å². The van der Waals surface area contributed by atoms with Crippen molar-refractivity contribution in [3.05, 3.63) is 34.9 Å². The minimum Gasteiger partial charge on any atom is -0.359 e. The molecule has 35 heavy (non-hydrogen) atoms. The molecule has 3 rings (SSSR count). The summed E-state index contributed by atoms with van der Waals surface area (Å²) in [5.41, 5.74) is 1.22. The average molecular weight is 508 g/mol. The summed E-state index contributed by atoms with van der Waals surface area (Å²) >= 11 is 6.00. The van der Waals surface area contributed by atoms with E-state index in [2.05, 4.69) is 50.5 Å². The maximum atomic E-state index is 12.6. The SMILES string of the molecule is CNC(C)(C)CC(=O)N1CCC(c2ccc(Cl)cc2)C(C)(C)C1.CNC(C)=O.O=CC1CCCC1. The third-order valence-electron chi connectivity index (χ3n) is 7.07. The molecule has 0 aromatic heterocycles. The van der Waals surface area contributed by atoms with E-state index in [1.165, 1.54) is 25.3 Å². The lowest BCUT2D eigenvalue weighted by molar-refractivity contribution is -0.136. The van der Waals surface area contributed by atoms with Crippen molar-refractivity contribution in [3.8, 4) is 0 Å². The van der Waals surface area contributed by atoms with Crippen LogP contribution < -0.4 is 10.6 Å². The zero-order valence-electron chi connectivity index (χ0n) is 22.7. The number of piperidine rings is 1. The van der Waals surface area contributed by atoms with Gasteiger partial charge in [-0.15, -0.1) is 0 Å². The van der Waals surface area contributed by atoms with E-state index in [9.17, 15) is 14.4 Å². The molecule has 2 aliphatic rings. The fourth-order valence-corrected chi connectivity index (χ4v) is 4.68. The Labute approximate surface area is 217 Å². The number of halogens is 1. The van der Waals surface area contributed by atoms with Crippen molar-refractivity contribution in [2.45, 2.75) is 84.6 Å². The number of nitrogens with zero attached hydrogens (tertiary/aromatic N) is 1. The minimum atomic E-state index is -0.158. The van der Waals surface area contributed by atoms with Crippen LogP contribution in [0.2, 0.25) is 5.02 Å². The Morgan fingerprint density at radius 3 is 2.06 bits per heavy atom. The third-order valence-corrected chi connectivity index (χ3v) is 7.32. The lowest BCUT2D eigenvalue weighted by Gasteiger charge is -2.45. The van der Waals surface area contributed by atoms with Crippen LogP contribution in [-0.4, -0.2) is 55.7 Å². The summed E-state index contributed by atoms with van der Waals surface area (Å²) in [7, 11) is 3.51. The number of amides is 2. The summed E-state index contributed by atoms with van der Waals surface area (Å²) in [5, 5.41) is 6.37. The second-order valence-corrected chi connectivity index (χ2v) is 11.4. The van der Waals surface area contributed by atoms with Gasteiger partial charge in [-0.3, -0.25) is 9.59 Å². The van der Waals surface area contributed by atoms with Crippen LogP contribution >= 0.6 is 11.6 Å². The van der Waals surface area contributed by atoms with Gasteiger partial charge in [0.1, 0.15) is 6.29 Å². The molecule has 1 aliphatic carbocycles. The first-order valence-corrected chi connectivity index (χ1v) is 13.1. The highest BCUT2D eigenvalue weighted by Crippen LogP contribution is 2.42. The smallest absolute Gasteiger partial charge is 0.224 e. The second-order valence-electron chi connectivity index (χ2n) is 11.0. The molecule has 1 aliphatic heterocycles. The van der Waals surface area contributed by atoms with E-state index in [0.29, 0.717) is 18.3 Å². The summed E-state index contributed by atoms with van der Waals surface area (Å²) in [6.45, 7) is 11.8. The van der Waals surface area contributed by atoms with E-state index in [4.69, 9.17) is 11.6 Å². The Morgan fingerprint density at radius 1 is 1.11 bits per heavy atom. The predicted octanol–water partition coefficient (Wildman–Crippen LogP) is 5.20. The lowest BCUT2D eigenvalue weighted by Crippen LogP contribution is -2.50. The quantitative estimate of drug-likeness (QED) is 0.537. The molecule has 2 fully saturated rings. The highest BCUT2D eigenvalue weighted by atomic mass is 35.5. The Kier molecular flexibility index (Phi) is 13.0. The molecule has 7 heteroatoms. The first kappa shape index (κ1) is 31.1. The molecular weight excluding hydrogens is 462 g/mol. The topological polar surface area (TPSA) is 78.5 Å². The van der Waals surface area contributed by atoms with Crippen molar-refractivity contribution in [3.63, 3.8) is 0 Å². The van der Waals surface area contributed by atoms with Crippen molar-refractivity contribution in [1.82, 2.24) is 15.5 Å². The highest BCUT2D eigenvalue weighted by molar-refractivity contribution is 6.30. The largest absolute Gasteiger partial charge is 0.359 e. The molecule has 2 amide bonds. The maximum absolute atomic E-state index is 12.6. The summed E-state index contributed by atoms with van der Waals surface area (Å²) < 4.78 is 0. The van der Waals surface area contributed by atoms with Gasteiger partial charge in [0.25, 0.3) is 0 Å². The van der Waals surface area contributed by atoms with Crippen LogP contribution in [0.3, 0.4) is 0 Å². The number of carbonyl (C=O) groups excluding carboxylic acids is 3. The molecular formula is C28H46ClN3O3. The first-order valence-electron chi connectivity index (χ1n) is 12.7. The monoisotopic (exact) mass is 507 g/mol. The number of nitrogens with one attached hydrogen (secondary N) is 2. The summed E-state index contributed by atoms with van der Waals surface area (Å²) in [4.78, 5) is 34.4. The molecule has 1 saturated heterocycles. The number of benzene rings is 1. The van der Waals surface area contributed by atoms with Crippen molar-refractivity contribution < 1.29 is 14.4 Å². The predicted molar refractivity (Wildman–Crippen MR) is 145 cm³/mol. The van der Waals surface area contributed by atoms with Crippen LogP contribution in [0.4, 0.5) is 0 Å². The van der Waals surface area contributed by atoms with Gasteiger partial charge in [0, 0.05) is 50.0 Å². The summed E-state index contributed by atoms with van der Waals surface area (Å²) in [6.07, 6.45) is 7.44. The fraction of sp³-hybridized carbons (Fsp3) is 0.679. The third kappa shape index (κ3) is 11.1. The first-order chi connectivity index (χ1) is 16.3. The minimum absolute atomic E-state index is 0.00463. The van der Waals surface area contributed by atoms with E-state index in [-0.39, 0.29) is 22.8 Å². The molecule has 1 aromatic rings. The number of rotatable bonds is 5. The number of aldehydes is 1. The van der Waals surface area contributed by atoms with E-state index in [1.54, 1.807) is 7.05 Å². The van der Waals surface area contributed by atoms with Crippen LogP contribution in [0.25, 0.3) is 0 Å². The Morgan fingerprint density at radius 2 is 1.66 bits per heavy atom. The van der Waals surface area contributed by atoms with Gasteiger partial charge in [0.15, 0.2) is 0 Å². The standard InChI is InChI=1S/C19H29ClN2O.C6H10O.C3H7NO/c1-18(2)13-22(17(23)12-19(3,4)21-5)11-10-16(18)14-6-8-15(20)9-7-14;7-5-6-3-1-2-4-6;1-3(5)4-2/h6-9,16,21H,10-13H2,1-5H3;5-6H,1-4H2;1-2H3,(H,4,5). The van der Waals surface area contributed by atoms with E-state index in [1.807, 2.05) is 24.1 Å². The van der Waals surface area contributed by atoms with Gasteiger partial charge < -0.3 is 20.3 Å². The number of hydrogen-bond acceptors (Lipinski definition) is 4. The number of likely N-dealkylation sites (tertiary alicyclic amines) is 1. The second kappa shape index (κ2) is 14.6. The highest BCUT2D eigenvalue weighted by Gasteiger charge is 2.39. The molecule has 0 radical (unpaired) electrons. The van der Waals surface area contributed by atoms with Crippen LogP contribution in [0.1, 0.15) is 84.6 Å². The summed E-state index contributed by atoms with van der Waals surface area (Å²) in [6, 6.07) is 8.16. The Hall–Kier alpha value is -1.92. The molecule has 2 N–H and O–H groups in total. The number of carbonyl (C=O) groups is 3. The molecule has 1 saturated carbocycles. The van der Waals surface area contributed by atoms with E-state index < -0.39 is 0 Å². The van der Waals surface area contributed by atoms with E-state index in [0.717, 1.165) is 43.7 Å². The van der Waals surface area contributed by atoms with Gasteiger partial charge in [0.05, 0.1) is 0 Å². The Bertz CT molecular complexity index is 802. The van der Waals surface area contributed by atoms with Crippen molar-refractivity contribution in [2.24, 2.45) is 11.3 Å². The van der Waals surface area contributed by atoms with Crippen molar-refractivity contribution in [1.29, 1.82) is 0 Å². The van der Waals surface area contributed by atoms with Crippen LogP contribution in [0, 0.1) is 11.3 Å². The normalized spacial score (nSPS) is 19.5. The molecule has 198 valence electrons. The molecule has 1 aromatic carbocycles. The van der Waals surface area contributed by atoms with Gasteiger partial charge in [-0.1, -0.05) is 50.4 Å². The number of hydrogen-bond donors (Lipinski definition) is 2. The fourth-order valence-electron chi connectivity index (χ4n) is 4.55. The molecule has 1 heterocycles. The van der Waals surface area contributed by atoms with Crippen LogP contribution in [-0.2, 0) is 14.4 Å². The van der Waals surface area contributed by atoms with Gasteiger partial charge in [-0.25, -0.2) is 0 Å². The molecule has 0 spiro atoms. The molecule has 1 atom stereocenters. The molecule has 6 nitrogen and oxygen atoms in total. The van der Waals surface area contributed by atoms with Gasteiger partial charge in [-0.05, 0) is 69.2 Å². The maximum Gasteiger partial charge on any atom is 0.224 e. The zero-order chi connectivity index (χ0) is 26.6. The van der Waals surface area contributed by atoms with E-state index >= 15 is 0 Å². The molecule has 1 unspecified atom stereocenters. The summed E-state index contributed by atoms with van der Waals surface area (Å²) in [5.74, 6) is 1.12.